The zero-order chi connectivity index (χ0) is 26.0. The zero-order valence-electron chi connectivity index (χ0n) is 21.1. The molecule has 0 spiro atoms. The number of methoxy groups -OCH3 is 3. The first-order chi connectivity index (χ1) is 18.1. The van der Waals surface area contributed by atoms with Crippen LogP contribution in [0.4, 0.5) is 0 Å². The number of nitrogens with one attached hydrogen (secondary N) is 1. The number of rotatable bonds is 12. The normalized spacial score (nSPS) is 10.7. The molecule has 4 aromatic rings. The van der Waals surface area contributed by atoms with Gasteiger partial charge in [-0.2, -0.15) is 0 Å². The number of nitrogens with zero attached hydrogens (tertiary/aromatic N) is 3. The highest BCUT2D eigenvalue weighted by atomic mass is 32.2. The van der Waals surface area contributed by atoms with E-state index < -0.39 is 0 Å². The van der Waals surface area contributed by atoms with E-state index in [0.29, 0.717) is 17.3 Å². The first-order valence-corrected chi connectivity index (χ1v) is 12.8. The summed E-state index contributed by atoms with van der Waals surface area (Å²) >= 11 is 1.62. The average Bonchev–Trinajstić information content (AvgIpc) is 3.35. The van der Waals surface area contributed by atoms with E-state index >= 15 is 0 Å². The summed E-state index contributed by atoms with van der Waals surface area (Å²) in [6.45, 7) is 0.217. The number of aromatic nitrogens is 3. The van der Waals surface area contributed by atoms with E-state index in [-0.39, 0.29) is 18.9 Å². The Kier molecular flexibility index (Phi) is 9.04. The van der Waals surface area contributed by atoms with Crippen LogP contribution in [0.2, 0.25) is 0 Å². The molecule has 1 heterocycles. The molecule has 0 bridgehead atoms. The minimum Gasteiger partial charge on any atom is -0.497 e. The highest BCUT2D eigenvalue weighted by Gasteiger charge is 2.17. The first kappa shape index (κ1) is 26.1. The molecule has 0 saturated heterocycles. The molecule has 0 atom stereocenters. The third kappa shape index (κ3) is 6.83. The SMILES string of the molecule is COc1cccc(-n2c(CNC(=O)Cc3cc(OC)ccc3OC)nnc2SCCc2ccccc2)c1. The van der Waals surface area contributed by atoms with E-state index in [4.69, 9.17) is 14.2 Å². The Morgan fingerprint density at radius 1 is 0.892 bits per heavy atom. The van der Waals surface area contributed by atoms with Crippen molar-refractivity contribution in [1.29, 1.82) is 0 Å². The van der Waals surface area contributed by atoms with E-state index in [1.165, 1.54) is 5.56 Å². The van der Waals surface area contributed by atoms with Crippen molar-refractivity contribution in [2.75, 3.05) is 27.1 Å². The van der Waals surface area contributed by atoms with Crippen LogP contribution in [0.15, 0.2) is 78.0 Å². The van der Waals surface area contributed by atoms with Gasteiger partial charge >= 0.3 is 0 Å². The molecule has 0 fully saturated rings. The summed E-state index contributed by atoms with van der Waals surface area (Å²) in [4.78, 5) is 12.8. The van der Waals surface area contributed by atoms with Gasteiger partial charge < -0.3 is 19.5 Å². The van der Waals surface area contributed by atoms with Crippen molar-refractivity contribution in [2.24, 2.45) is 0 Å². The maximum Gasteiger partial charge on any atom is 0.224 e. The molecule has 0 aliphatic heterocycles. The molecule has 0 aliphatic carbocycles. The van der Waals surface area contributed by atoms with Crippen molar-refractivity contribution in [2.45, 2.75) is 24.5 Å². The standard InChI is InChI=1S/C28H30N4O4S/c1-34-23-11-7-10-22(18-23)32-26(30-31-28(32)37-15-14-20-8-5-4-6-9-20)19-29-27(33)17-21-16-24(35-2)12-13-25(21)36-3/h4-13,16,18H,14-15,17,19H2,1-3H3,(H,29,33). The second-order valence-corrected chi connectivity index (χ2v) is 9.21. The molecule has 1 N–H and O–H groups in total. The smallest absolute Gasteiger partial charge is 0.224 e. The molecular weight excluding hydrogens is 488 g/mol. The van der Waals surface area contributed by atoms with E-state index in [2.05, 4.69) is 27.6 Å². The van der Waals surface area contributed by atoms with Gasteiger partial charge in [0.15, 0.2) is 11.0 Å². The second-order valence-electron chi connectivity index (χ2n) is 8.15. The largest absolute Gasteiger partial charge is 0.497 e. The Bertz CT molecular complexity index is 1330. The lowest BCUT2D eigenvalue weighted by Crippen LogP contribution is -2.26. The third-order valence-electron chi connectivity index (χ3n) is 5.76. The summed E-state index contributed by atoms with van der Waals surface area (Å²) in [5.41, 5.74) is 2.87. The van der Waals surface area contributed by atoms with E-state index in [9.17, 15) is 4.79 Å². The average molecular weight is 519 g/mol. The van der Waals surface area contributed by atoms with Gasteiger partial charge in [0, 0.05) is 17.4 Å². The van der Waals surface area contributed by atoms with E-state index in [0.717, 1.165) is 34.3 Å². The van der Waals surface area contributed by atoms with Crippen molar-refractivity contribution in [3.05, 3.63) is 89.7 Å². The minimum absolute atomic E-state index is 0.145. The van der Waals surface area contributed by atoms with Gasteiger partial charge in [-0.05, 0) is 42.3 Å². The third-order valence-corrected chi connectivity index (χ3v) is 6.69. The Balaban J connectivity index is 1.50. The second kappa shape index (κ2) is 12.8. The summed E-state index contributed by atoms with van der Waals surface area (Å²) in [7, 11) is 4.80. The summed E-state index contributed by atoms with van der Waals surface area (Å²) in [6, 6.07) is 23.4. The number of carbonyl (C=O) groups excluding carboxylic acids is 1. The van der Waals surface area contributed by atoms with Crippen molar-refractivity contribution >= 4 is 17.7 Å². The number of thioether (sulfide) groups is 1. The zero-order valence-corrected chi connectivity index (χ0v) is 22.0. The fourth-order valence-corrected chi connectivity index (χ4v) is 4.81. The van der Waals surface area contributed by atoms with Crippen LogP contribution < -0.4 is 19.5 Å². The molecule has 0 saturated carbocycles. The van der Waals surface area contributed by atoms with Crippen molar-refractivity contribution in [3.8, 4) is 22.9 Å². The summed E-state index contributed by atoms with van der Waals surface area (Å²) in [6.07, 6.45) is 1.05. The number of hydrogen-bond donors (Lipinski definition) is 1. The van der Waals surface area contributed by atoms with Crippen molar-refractivity contribution in [3.63, 3.8) is 0 Å². The van der Waals surface area contributed by atoms with Crippen LogP contribution in [0, 0.1) is 0 Å². The maximum atomic E-state index is 12.8. The molecular formula is C28H30N4O4S. The van der Waals surface area contributed by atoms with E-state index in [1.54, 1.807) is 51.3 Å². The number of aryl methyl sites for hydroxylation is 1. The van der Waals surface area contributed by atoms with Gasteiger partial charge in [-0.15, -0.1) is 10.2 Å². The van der Waals surface area contributed by atoms with Crippen LogP contribution in [0.1, 0.15) is 17.0 Å². The van der Waals surface area contributed by atoms with Gasteiger partial charge in [0.1, 0.15) is 17.2 Å². The van der Waals surface area contributed by atoms with Gasteiger partial charge in [-0.25, -0.2) is 0 Å². The molecule has 1 amide bonds. The quantitative estimate of drug-likeness (QED) is 0.277. The molecule has 3 aromatic carbocycles. The first-order valence-electron chi connectivity index (χ1n) is 11.8. The summed E-state index contributed by atoms with van der Waals surface area (Å²) < 4.78 is 18.1. The number of hydrogen-bond acceptors (Lipinski definition) is 7. The molecule has 0 radical (unpaired) electrons. The molecule has 1 aromatic heterocycles. The highest BCUT2D eigenvalue weighted by Crippen LogP contribution is 2.26. The summed E-state index contributed by atoms with van der Waals surface area (Å²) in [5, 5.41) is 12.6. The Morgan fingerprint density at radius 3 is 2.43 bits per heavy atom. The van der Waals surface area contributed by atoms with Gasteiger partial charge in [-0.1, -0.05) is 48.2 Å². The molecule has 192 valence electrons. The minimum atomic E-state index is -0.162. The monoisotopic (exact) mass is 518 g/mol. The highest BCUT2D eigenvalue weighted by molar-refractivity contribution is 7.99. The Labute approximate surface area is 221 Å². The van der Waals surface area contributed by atoms with Crippen molar-refractivity contribution in [1.82, 2.24) is 20.1 Å². The van der Waals surface area contributed by atoms with E-state index in [1.807, 2.05) is 47.0 Å². The van der Waals surface area contributed by atoms with Crippen molar-refractivity contribution < 1.29 is 19.0 Å². The van der Waals surface area contributed by atoms with Crippen LogP contribution in [-0.4, -0.2) is 47.8 Å². The fraction of sp³-hybridized carbons (Fsp3) is 0.250. The number of benzene rings is 3. The maximum absolute atomic E-state index is 12.8. The van der Waals surface area contributed by atoms with Gasteiger partial charge in [0.05, 0.1) is 40.0 Å². The molecule has 4 rings (SSSR count). The topological polar surface area (TPSA) is 87.5 Å². The summed E-state index contributed by atoms with van der Waals surface area (Å²) in [5.74, 6) is 3.33. The van der Waals surface area contributed by atoms with Gasteiger partial charge in [0.2, 0.25) is 5.91 Å². The van der Waals surface area contributed by atoms with Crippen LogP contribution in [-0.2, 0) is 24.2 Å². The molecule has 0 unspecified atom stereocenters. The van der Waals surface area contributed by atoms with Gasteiger partial charge in [-0.3, -0.25) is 9.36 Å². The Morgan fingerprint density at radius 2 is 1.68 bits per heavy atom. The van der Waals surface area contributed by atoms with Crippen LogP contribution in [0.25, 0.3) is 5.69 Å². The Hall–Kier alpha value is -3.98. The predicted molar refractivity (Wildman–Crippen MR) is 144 cm³/mol. The molecule has 0 aliphatic rings. The lowest BCUT2D eigenvalue weighted by atomic mass is 10.1. The lowest BCUT2D eigenvalue weighted by molar-refractivity contribution is -0.120. The molecule has 37 heavy (non-hydrogen) atoms. The number of carbonyl (C=O) groups is 1. The van der Waals surface area contributed by atoms with Gasteiger partial charge in [0.25, 0.3) is 0 Å². The van der Waals surface area contributed by atoms with Crippen LogP contribution in [0.3, 0.4) is 0 Å². The molecule has 9 heteroatoms. The van der Waals surface area contributed by atoms with Crippen LogP contribution in [0.5, 0.6) is 17.2 Å². The number of amides is 1. The number of ether oxygens (including phenoxy) is 3. The van der Waals surface area contributed by atoms with Crippen LogP contribution >= 0.6 is 11.8 Å². The molecule has 8 nitrogen and oxygen atoms in total. The predicted octanol–water partition coefficient (Wildman–Crippen LogP) is 4.49. The lowest BCUT2D eigenvalue weighted by Gasteiger charge is -2.13. The fourth-order valence-electron chi connectivity index (χ4n) is 3.86.